The Morgan fingerprint density at radius 2 is 2.07 bits per heavy atom. The summed E-state index contributed by atoms with van der Waals surface area (Å²) in [6.07, 6.45) is 8.84. The molecule has 1 aromatic carbocycles. The number of hydrogen-bond donors (Lipinski definition) is 0. The zero-order chi connectivity index (χ0) is 10.9. The van der Waals surface area contributed by atoms with E-state index in [1.165, 1.54) is 0 Å². The van der Waals surface area contributed by atoms with Crippen LogP contribution in [0.4, 0.5) is 0 Å². The van der Waals surface area contributed by atoms with Crippen LogP contribution >= 0.6 is 0 Å². The van der Waals surface area contributed by atoms with E-state index in [2.05, 4.69) is 12.0 Å². The van der Waals surface area contributed by atoms with Gasteiger partial charge in [-0.2, -0.15) is 5.26 Å². The van der Waals surface area contributed by atoms with Gasteiger partial charge < -0.3 is 4.74 Å². The van der Waals surface area contributed by atoms with Crippen LogP contribution in [0.25, 0.3) is 6.08 Å². The van der Waals surface area contributed by atoms with Gasteiger partial charge in [-0.3, -0.25) is 0 Å². The highest BCUT2D eigenvalue weighted by atomic mass is 16.5. The molecule has 2 heteroatoms. The van der Waals surface area contributed by atoms with Gasteiger partial charge in [-0.15, -0.1) is 6.42 Å². The van der Waals surface area contributed by atoms with Crippen molar-refractivity contribution in [2.45, 2.75) is 0 Å². The van der Waals surface area contributed by atoms with Crippen molar-refractivity contribution in [2.75, 3.05) is 13.2 Å². The van der Waals surface area contributed by atoms with E-state index in [9.17, 15) is 0 Å². The lowest BCUT2D eigenvalue weighted by molar-refractivity contribution is 0.200. The van der Waals surface area contributed by atoms with Crippen molar-refractivity contribution in [2.24, 2.45) is 0 Å². The quantitative estimate of drug-likeness (QED) is 0.547. The van der Waals surface area contributed by atoms with Gasteiger partial charge in [-0.05, 0) is 17.7 Å². The van der Waals surface area contributed by atoms with Crippen molar-refractivity contribution >= 4 is 6.08 Å². The second kappa shape index (κ2) is 6.43. The molecule has 15 heavy (non-hydrogen) atoms. The van der Waals surface area contributed by atoms with Crippen LogP contribution in [-0.2, 0) is 4.74 Å². The number of nitriles is 1. The zero-order valence-electron chi connectivity index (χ0n) is 8.31. The number of nitrogens with zero attached hydrogens (tertiary/aromatic N) is 1. The number of hydrogen-bond acceptors (Lipinski definition) is 2. The highest BCUT2D eigenvalue weighted by Gasteiger charge is 1.88. The Bertz CT molecular complexity index is 404. The first-order chi connectivity index (χ1) is 7.36. The fourth-order valence-corrected chi connectivity index (χ4v) is 1.04. The third-order valence-corrected chi connectivity index (χ3v) is 1.75. The Balaban J connectivity index is 2.44. The number of benzene rings is 1. The molecular formula is C13H11NO. The maximum Gasteiger partial charge on any atom is 0.107 e. The molecule has 0 aliphatic rings. The number of ether oxygens (including phenoxy) is 1. The topological polar surface area (TPSA) is 33.0 Å². The van der Waals surface area contributed by atoms with Crippen LogP contribution in [0.2, 0.25) is 0 Å². The highest BCUT2D eigenvalue weighted by molar-refractivity contribution is 5.50. The molecule has 0 unspecified atom stereocenters. The van der Waals surface area contributed by atoms with Gasteiger partial charge in [0.05, 0.1) is 18.2 Å². The number of terminal acetylenes is 1. The van der Waals surface area contributed by atoms with Crippen LogP contribution in [-0.4, -0.2) is 13.2 Å². The zero-order valence-corrected chi connectivity index (χ0v) is 8.31. The van der Waals surface area contributed by atoms with Gasteiger partial charge in [0.2, 0.25) is 0 Å². The summed E-state index contributed by atoms with van der Waals surface area (Å²) in [7, 11) is 0. The van der Waals surface area contributed by atoms with Gasteiger partial charge in [0.25, 0.3) is 0 Å². The Labute approximate surface area is 89.8 Å². The molecule has 0 amide bonds. The van der Waals surface area contributed by atoms with E-state index in [0.29, 0.717) is 18.8 Å². The summed E-state index contributed by atoms with van der Waals surface area (Å²) in [6.45, 7) is 0.835. The van der Waals surface area contributed by atoms with E-state index in [1.807, 2.05) is 24.3 Å². The van der Waals surface area contributed by atoms with Gasteiger partial charge in [0, 0.05) is 0 Å². The normalized spacial score (nSPS) is 9.73. The minimum Gasteiger partial charge on any atom is -0.365 e. The second-order valence-corrected chi connectivity index (χ2v) is 2.86. The average Bonchev–Trinajstić information content (AvgIpc) is 2.30. The monoisotopic (exact) mass is 197 g/mol. The summed E-state index contributed by atoms with van der Waals surface area (Å²) in [5, 5.41) is 8.59. The summed E-state index contributed by atoms with van der Waals surface area (Å²) < 4.78 is 5.07. The molecule has 0 N–H and O–H groups in total. The molecule has 1 rings (SSSR count). The largest absolute Gasteiger partial charge is 0.365 e. The van der Waals surface area contributed by atoms with Crippen LogP contribution in [0.5, 0.6) is 0 Å². The summed E-state index contributed by atoms with van der Waals surface area (Å²) in [5.74, 6) is 2.39. The first-order valence-corrected chi connectivity index (χ1v) is 4.54. The molecular weight excluding hydrogens is 186 g/mol. The van der Waals surface area contributed by atoms with E-state index < -0.39 is 0 Å². The van der Waals surface area contributed by atoms with E-state index in [-0.39, 0.29) is 0 Å². The molecule has 0 saturated carbocycles. The molecule has 0 saturated heterocycles. The van der Waals surface area contributed by atoms with Gasteiger partial charge in [-0.25, -0.2) is 0 Å². The van der Waals surface area contributed by atoms with E-state index >= 15 is 0 Å². The first kappa shape index (κ1) is 11.0. The van der Waals surface area contributed by atoms with Crippen LogP contribution in [0, 0.1) is 23.7 Å². The van der Waals surface area contributed by atoms with Crippen LogP contribution < -0.4 is 0 Å². The lowest BCUT2D eigenvalue weighted by Crippen LogP contribution is -1.89. The lowest BCUT2D eigenvalue weighted by atomic mass is 10.1. The van der Waals surface area contributed by atoms with E-state index in [0.717, 1.165) is 5.56 Å². The summed E-state index contributed by atoms with van der Waals surface area (Å²) in [4.78, 5) is 0. The van der Waals surface area contributed by atoms with Crippen molar-refractivity contribution in [1.29, 1.82) is 5.26 Å². The molecule has 0 spiro atoms. The molecule has 74 valence electrons. The standard InChI is InChI=1S/C13H11NO/c1-2-9-15-10-3-4-12-5-7-13(11-14)8-6-12/h1,3-8H,9-10H2/b4-3+. The second-order valence-electron chi connectivity index (χ2n) is 2.86. The minimum atomic E-state index is 0.331. The van der Waals surface area contributed by atoms with Crippen molar-refractivity contribution in [3.05, 3.63) is 41.5 Å². The SMILES string of the molecule is C#CCOC/C=C/c1ccc(C#N)cc1. The van der Waals surface area contributed by atoms with Crippen molar-refractivity contribution in [3.63, 3.8) is 0 Å². The molecule has 1 aromatic rings. The molecule has 0 radical (unpaired) electrons. The maximum atomic E-state index is 8.59. The molecule has 2 nitrogen and oxygen atoms in total. The van der Waals surface area contributed by atoms with Gasteiger partial charge in [0.15, 0.2) is 0 Å². The molecule has 0 aliphatic carbocycles. The smallest absolute Gasteiger partial charge is 0.107 e. The van der Waals surface area contributed by atoms with Crippen LogP contribution in [0.1, 0.15) is 11.1 Å². The Hall–Kier alpha value is -2.03. The minimum absolute atomic E-state index is 0.331. The third kappa shape index (κ3) is 4.13. The summed E-state index contributed by atoms with van der Waals surface area (Å²) in [6, 6.07) is 9.40. The third-order valence-electron chi connectivity index (χ3n) is 1.75. The first-order valence-electron chi connectivity index (χ1n) is 4.54. The van der Waals surface area contributed by atoms with Gasteiger partial charge in [-0.1, -0.05) is 30.2 Å². The predicted octanol–water partition coefficient (Wildman–Crippen LogP) is 2.22. The van der Waals surface area contributed by atoms with Crippen LogP contribution in [0.15, 0.2) is 30.3 Å². The summed E-state index contributed by atoms with van der Waals surface area (Å²) in [5.41, 5.74) is 1.70. The van der Waals surface area contributed by atoms with E-state index in [4.69, 9.17) is 16.4 Å². The number of rotatable bonds is 4. The lowest BCUT2D eigenvalue weighted by Gasteiger charge is -1.94. The van der Waals surface area contributed by atoms with Gasteiger partial charge in [0.1, 0.15) is 6.61 Å². The highest BCUT2D eigenvalue weighted by Crippen LogP contribution is 2.04. The van der Waals surface area contributed by atoms with Crippen molar-refractivity contribution < 1.29 is 4.74 Å². The summed E-state index contributed by atoms with van der Waals surface area (Å²) >= 11 is 0. The molecule has 0 atom stereocenters. The Morgan fingerprint density at radius 3 is 2.67 bits per heavy atom. The fourth-order valence-electron chi connectivity index (χ4n) is 1.04. The fraction of sp³-hybridized carbons (Fsp3) is 0.154. The molecule has 0 heterocycles. The predicted molar refractivity (Wildman–Crippen MR) is 59.8 cm³/mol. The molecule has 0 aliphatic heterocycles. The maximum absolute atomic E-state index is 8.59. The molecule has 0 bridgehead atoms. The van der Waals surface area contributed by atoms with Crippen LogP contribution in [0.3, 0.4) is 0 Å². The van der Waals surface area contributed by atoms with Crippen molar-refractivity contribution in [3.8, 4) is 18.4 Å². The Kier molecular flexibility index (Phi) is 4.73. The molecule has 0 fully saturated rings. The molecule has 0 aromatic heterocycles. The van der Waals surface area contributed by atoms with E-state index in [1.54, 1.807) is 12.1 Å². The van der Waals surface area contributed by atoms with Crippen molar-refractivity contribution in [1.82, 2.24) is 0 Å². The van der Waals surface area contributed by atoms with Gasteiger partial charge >= 0.3 is 0 Å². The average molecular weight is 197 g/mol. The Morgan fingerprint density at radius 1 is 1.33 bits per heavy atom.